The van der Waals surface area contributed by atoms with Crippen molar-refractivity contribution in [3.8, 4) is 28.4 Å². The van der Waals surface area contributed by atoms with Crippen molar-refractivity contribution in [2.24, 2.45) is 0 Å². The van der Waals surface area contributed by atoms with Crippen molar-refractivity contribution in [2.75, 3.05) is 12.4 Å². The number of aromatic nitrogens is 4. The summed E-state index contributed by atoms with van der Waals surface area (Å²) in [5.74, 6) is 1.70. The largest absolute Gasteiger partial charge is 0.496 e. The molecule has 0 bridgehead atoms. The molecule has 0 spiro atoms. The Morgan fingerprint density at radius 3 is 2.80 bits per heavy atom. The topological polar surface area (TPSA) is 120 Å². The molecule has 0 aliphatic heterocycles. The third kappa shape index (κ3) is 5.06. The molecule has 10 nitrogen and oxygen atoms in total. The zero-order chi connectivity index (χ0) is 24.0. The van der Waals surface area contributed by atoms with Gasteiger partial charge in [-0.25, -0.2) is 15.0 Å². The fourth-order valence-electron chi connectivity index (χ4n) is 3.61. The van der Waals surface area contributed by atoms with E-state index in [1.54, 1.807) is 42.8 Å². The molecule has 1 amide bonds. The normalized spacial score (nSPS) is 10.8. The second-order valence-corrected chi connectivity index (χ2v) is 7.60. The highest BCUT2D eigenvalue weighted by atomic mass is 16.5. The van der Waals surface area contributed by atoms with Crippen LogP contribution in [-0.4, -0.2) is 32.5 Å². The maximum absolute atomic E-state index is 12.3. The number of hydrogen-bond donors (Lipinski definition) is 2. The molecule has 5 aromatic rings. The van der Waals surface area contributed by atoms with Crippen LogP contribution >= 0.6 is 0 Å². The van der Waals surface area contributed by atoms with Crippen LogP contribution in [-0.2, 0) is 17.9 Å². The minimum absolute atomic E-state index is 0.111. The van der Waals surface area contributed by atoms with Gasteiger partial charge in [-0.15, -0.1) is 0 Å². The second kappa shape index (κ2) is 9.96. The smallest absolute Gasteiger partial charge is 0.299 e. The van der Waals surface area contributed by atoms with Gasteiger partial charge in [0.05, 0.1) is 31.4 Å². The number of methoxy groups -OCH3 is 1. The quantitative estimate of drug-likeness (QED) is 0.328. The van der Waals surface area contributed by atoms with Crippen LogP contribution in [0.25, 0.3) is 22.6 Å². The first kappa shape index (κ1) is 22.0. The maximum Gasteiger partial charge on any atom is 0.299 e. The Morgan fingerprint density at radius 1 is 1.09 bits per heavy atom. The van der Waals surface area contributed by atoms with E-state index in [0.717, 1.165) is 22.4 Å². The standard InChI is InChI=1S/C25H22N6O4/c1-33-21-10-18(6-7-20(21)22-12-27-16-34-22)30-25-29-13-23(35-25)19-5-3-2-4-17(19)11-28-24(32)14-31-9-8-26-15-31/h2-10,12-13,15-16H,11,14H2,1H3,(H,28,32)(H,29,30). The van der Waals surface area contributed by atoms with Crippen molar-refractivity contribution in [1.29, 1.82) is 0 Å². The van der Waals surface area contributed by atoms with E-state index in [2.05, 4.69) is 25.6 Å². The van der Waals surface area contributed by atoms with E-state index < -0.39 is 0 Å². The summed E-state index contributed by atoms with van der Waals surface area (Å²) in [6, 6.07) is 13.6. The zero-order valence-corrected chi connectivity index (χ0v) is 18.8. The number of imidazole rings is 1. The van der Waals surface area contributed by atoms with Gasteiger partial charge in [0.2, 0.25) is 5.91 Å². The van der Waals surface area contributed by atoms with Crippen LogP contribution in [0.2, 0.25) is 0 Å². The van der Waals surface area contributed by atoms with Crippen molar-refractivity contribution in [1.82, 2.24) is 24.8 Å². The fourth-order valence-corrected chi connectivity index (χ4v) is 3.61. The van der Waals surface area contributed by atoms with Crippen molar-refractivity contribution >= 4 is 17.6 Å². The Hall–Kier alpha value is -4.86. The van der Waals surface area contributed by atoms with Gasteiger partial charge in [0, 0.05) is 36.3 Å². The van der Waals surface area contributed by atoms with Gasteiger partial charge in [0.1, 0.15) is 12.3 Å². The first-order chi connectivity index (χ1) is 17.2. The van der Waals surface area contributed by atoms with Crippen LogP contribution < -0.4 is 15.4 Å². The monoisotopic (exact) mass is 470 g/mol. The van der Waals surface area contributed by atoms with Gasteiger partial charge in [0.15, 0.2) is 17.9 Å². The maximum atomic E-state index is 12.3. The summed E-state index contributed by atoms with van der Waals surface area (Å²) in [5.41, 5.74) is 3.27. The lowest BCUT2D eigenvalue weighted by molar-refractivity contribution is -0.121. The lowest BCUT2D eigenvalue weighted by Crippen LogP contribution is -2.26. The summed E-state index contributed by atoms with van der Waals surface area (Å²) in [5, 5.41) is 6.09. The van der Waals surface area contributed by atoms with E-state index in [1.165, 1.54) is 6.39 Å². The molecule has 10 heteroatoms. The van der Waals surface area contributed by atoms with Crippen LogP contribution in [0.3, 0.4) is 0 Å². The summed E-state index contributed by atoms with van der Waals surface area (Å²) >= 11 is 0. The van der Waals surface area contributed by atoms with Crippen molar-refractivity contribution < 1.29 is 18.4 Å². The van der Waals surface area contributed by atoms with Crippen LogP contribution in [0, 0.1) is 0 Å². The number of nitrogens with one attached hydrogen (secondary N) is 2. The van der Waals surface area contributed by atoms with Crippen LogP contribution in [0.4, 0.5) is 11.7 Å². The number of oxazole rings is 2. The molecule has 2 aromatic carbocycles. The van der Waals surface area contributed by atoms with E-state index >= 15 is 0 Å². The molecule has 0 saturated heterocycles. The van der Waals surface area contributed by atoms with E-state index in [1.807, 2.05) is 42.5 Å². The number of hydrogen-bond acceptors (Lipinski definition) is 8. The molecule has 0 aliphatic rings. The molecule has 0 fully saturated rings. The van der Waals surface area contributed by atoms with E-state index in [0.29, 0.717) is 29.8 Å². The molecule has 0 unspecified atom stereocenters. The van der Waals surface area contributed by atoms with Crippen LogP contribution in [0.15, 0.2) is 88.8 Å². The number of carbonyl (C=O) groups is 1. The molecule has 0 saturated carbocycles. The summed E-state index contributed by atoms with van der Waals surface area (Å²) in [7, 11) is 1.59. The van der Waals surface area contributed by atoms with Crippen molar-refractivity contribution in [3.05, 3.63) is 85.5 Å². The average molecular weight is 470 g/mol. The number of benzene rings is 2. The lowest BCUT2D eigenvalue weighted by atomic mass is 10.1. The third-order valence-corrected chi connectivity index (χ3v) is 5.30. The Kier molecular flexibility index (Phi) is 6.25. The minimum atomic E-state index is -0.111. The van der Waals surface area contributed by atoms with Gasteiger partial charge < -0.3 is 28.8 Å². The van der Waals surface area contributed by atoms with E-state index in [4.69, 9.17) is 13.6 Å². The SMILES string of the molecule is COc1cc(Nc2ncc(-c3ccccc3CNC(=O)Cn3ccnc3)o2)ccc1-c1cnco1. The van der Waals surface area contributed by atoms with Gasteiger partial charge in [-0.05, 0) is 17.7 Å². The van der Waals surface area contributed by atoms with Gasteiger partial charge in [-0.3, -0.25) is 4.79 Å². The molecule has 0 radical (unpaired) electrons. The average Bonchev–Trinajstić information content (AvgIpc) is 3.66. The van der Waals surface area contributed by atoms with Gasteiger partial charge in [0.25, 0.3) is 6.01 Å². The molecule has 3 aromatic heterocycles. The van der Waals surface area contributed by atoms with Crippen LogP contribution in [0.1, 0.15) is 5.56 Å². The third-order valence-electron chi connectivity index (χ3n) is 5.30. The van der Waals surface area contributed by atoms with E-state index in [9.17, 15) is 4.79 Å². The Balaban J connectivity index is 1.29. The van der Waals surface area contributed by atoms with Gasteiger partial charge in [-0.2, -0.15) is 0 Å². The number of carbonyl (C=O) groups excluding carboxylic acids is 1. The highest BCUT2D eigenvalue weighted by molar-refractivity contribution is 5.76. The second-order valence-electron chi connectivity index (χ2n) is 7.60. The predicted molar refractivity (Wildman–Crippen MR) is 128 cm³/mol. The van der Waals surface area contributed by atoms with E-state index in [-0.39, 0.29) is 12.5 Å². The molecule has 35 heavy (non-hydrogen) atoms. The molecule has 0 atom stereocenters. The summed E-state index contributed by atoms with van der Waals surface area (Å²) < 4.78 is 18.5. The Bertz CT molecular complexity index is 1410. The number of amides is 1. The highest BCUT2D eigenvalue weighted by Gasteiger charge is 2.14. The summed E-state index contributed by atoms with van der Waals surface area (Å²) in [4.78, 5) is 24.5. The first-order valence-corrected chi connectivity index (χ1v) is 10.8. The minimum Gasteiger partial charge on any atom is -0.496 e. The van der Waals surface area contributed by atoms with Crippen molar-refractivity contribution in [2.45, 2.75) is 13.1 Å². The number of anilines is 2. The molecular weight excluding hydrogens is 448 g/mol. The van der Waals surface area contributed by atoms with Gasteiger partial charge >= 0.3 is 0 Å². The lowest BCUT2D eigenvalue weighted by Gasteiger charge is -2.10. The first-order valence-electron chi connectivity index (χ1n) is 10.8. The molecule has 176 valence electrons. The Morgan fingerprint density at radius 2 is 2.00 bits per heavy atom. The predicted octanol–water partition coefficient (Wildman–Crippen LogP) is 4.26. The molecule has 3 heterocycles. The highest BCUT2D eigenvalue weighted by Crippen LogP contribution is 2.34. The number of rotatable bonds is 9. The van der Waals surface area contributed by atoms with Crippen molar-refractivity contribution in [3.63, 3.8) is 0 Å². The number of ether oxygens (including phenoxy) is 1. The summed E-state index contributed by atoms with van der Waals surface area (Å²) in [6.07, 6.45) is 9.64. The zero-order valence-electron chi connectivity index (χ0n) is 18.8. The molecule has 2 N–H and O–H groups in total. The van der Waals surface area contributed by atoms with Crippen LogP contribution in [0.5, 0.6) is 5.75 Å². The fraction of sp³-hybridized carbons (Fsp3) is 0.120. The molecule has 0 aliphatic carbocycles. The number of nitrogens with zero attached hydrogens (tertiary/aromatic N) is 4. The molecule has 5 rings (SSSR count). The molecular formula is C25H22N6O4. The Labute approximate surface area is 200 Å². The van der Waals surface area contributed by atoms with Gasteiger partial charge in [-0.1, -0.05) is 24.3 Å². The summed E-state index contributed by atoms with van der Waals surface area (Å²) in [6.45, 7) is 0.560.